The SMILES string of the molecule is C=Cc1ccc(C(COC(=O)OC(C)OCC)ON2C(C)(C)CCCC2(C)C)cc1. The summed E-state index contributed by atoms with van der Waals surface area (Å²) in [7, 11) is 0. The topological polar surface area (TPSA) is 57.2 Å². The van der Waals surface area contributed by atoms with Crippen molar-refractivity contribution in [2.45, 2.75) is 84.3 Å². The van der Waals surface area contributed by atoms with E-state index in [0.717, 1.165) is 30.4 Å². The van der Waals surface area contributed by atoms with Crippen LogP contribution in [-0.4, -0.2) is 41.8 Å². The van der Waals surface area contributed by atoms with Crippen molar-refractivity contribution in [2.75, 3.05) is 13.2 Å². The first kappa shape index (κ1) is 24.4. The number of rotatable bonds is 9. The van der Waals surface area contributed by atoms with Crippen LogP contribution < -0.4 is 0 Å². The standard InChI is InChI=1S/C24H37NO5/c1-8-19-11-13-20(14-12-19)21(17-28-22(26)29-18(3)27-9-2)30-25-23(4,5)15-10-16-24(25,6)7/h8,11-14,18,21H,1,9-10,15-17H2,2-7H3. The molecule has 0 spiro atoms. The van der Waals surface area contributed by atoms with Crippen LogP contribution in [0.1, 0.15) is 78.0 Å². The van der Waals surface area contributed by atoms with Crippen molar-refractivity contribution in [3.8, 4) is 0 Å². The van der Waals surface area contributed by atoms with Gasteiger partial charge in [0, 0.05) is 17.7 Å². The van der Waals surface area contributed by atoms with E-state index in [2.05, 4.69) is 39.3 Å². The van der Waals surface area contributed by atoms with Gasteiger partial charge in [0.25, 0.3) is 0 Å². The summed E-state index contributed by atoms with van der Waals surface area (Å²) in [6, 6.07) is 7.90. The Kier molecular flexibility index (Phi) is 8.47. The Balaban J connectivity index is 2.18. The number of carbonyl (C=O) groups is 1. The van der Waals surface area contributed by atoms with Crippen molar-refractivity contribution in [1.29, 1.82) is 0 Å². The molecule has 1 heterocycles. The molecule has 30 heavy (non-hydrogen) atoms. The second-order valence-corrected chi connectivity index (χ2v) is 8.94. The van der Waals surface area contributed by atoms with Crippen LogP contribution >= 0.6 is 0 Å². The number of piperidine rings is 1. The van der Waals surface area contributed by atoms with Crippen molar-refractivity contribution < 1.29 is 23.8 Å². The van der Waals surface area contributed by atoms with Crippen molar-refractivity contribution in [1.82, 2.24) is 5.06 Å². The van der Waals surface area contributed by atoms with Crippen molar-refractivity contribution in [3.63, 3.8) is 0 Å². The molecule has 0 bridgehead atoms. The summed E-state index contributed by atoms with van der Waals surface area (Å²) >= 11 is 0. The lowest BCUT2D eigenvalue weighted by molar-refractivity contribution is -0.311. The van der Waals surface area contributed by atoms with Gasteiger partial charge in [0.2, 0.25) is 6.29 Å². The Hall–Kier alpha value is -1.89. The van der Waals surface area contributed by atoms with Gasteiger partial charge in [0.05, 0.1) is 0 Å². The van der Waals surface area contributed by atoms with Crippen LogP contribution in [0.2, 0.25) is 0 Å². The number of hydroxylamine groups is 2. The van der Waals surface area contributed by atoms with E-state index in [1.165, 1.54) is 0 Å². The molecule has 0 radical (unpaired) electrons. The second kappa shape index (κ2) is 10.4. The highest BCUT2D eigenvalue weighted by atomic mass is 16.8. The molecular formula is C24H37NO5. The Morgan fingerprint density at radius 3 is 2.30 bits per heavy atom. The normalized spacial score (nSPS) is 20.2. The molecule has 0 saturated carbocycles. The van der Waals surface area contributed by atoms with E-state index >= 15 is 0 Å². The van der Waals surface area contributed by atoms with Gasteiger partial charge in [-0.2, -0.15) is 5.06 Å². The Labute approximate surface area is 181 Å². The predicted molar refractivity (Wildman–Crippen MR) is 118 cm³/mol. The maximum Gasteiger partial charge on any atom is 0.510 e. The summed E-state index contributed by atoms with van der Waals surface area (Å²) in [6.45, 7) is 16.5. The molecule has 2 rings (SSSR count). The molecule has 6 nitrogen and oxygen atoms in total. The van der Waals surface area contributed by atoms with Gasteiger partial charge in [-0.25, -0.2) is 4.79 Å². The molecule has 1 aromatic carbocycles. The van der Waals surface area contributed by atoms with Crippen LogP contribution in [-0.2, 0) is 19.0 Å². The molecule has 1 saturated heterocycles. The molecule has 1 aromatic rings. The fraction of sp³-hybridized carbons (Fsp3) is 0.625. The quantitative estimate of drug-likeness (QED) is 0.368. The third kappa shape index (κ3) is 6.56. The first-order chi connectivity index (χ1) is 14.1. The maximum atomic E-state index is 12.1. The number of benzene rings is 1. The zero-order chi connectivity index (χ0) is 22.4. The number of carbonyl (C=O) groups excluding carboxylic acids is 1. The van der Waals surface area contributed by atoms with Crippen LogP contribution in [0.4, 0.5) is 4.79 Å². The highest BCUT2D eigenvalue weighted by Gasteiger charge is 2.44. The molecule has 6 heteroatoms. The maximum absolute atomic E-state index is 12.1. The average molecular weight is 420 g/mol. The fourth-order valence-electron chi connectivity index (χ4n) is 4.00. The summed E-state index contributed by atoms with van der Waals surface area (Å²) in [5, 5.41) is 2.08. The van der Waals surface area contributed by atoms with E-state index in [4.69, 9.17) is 19.0 Å². The van der Waals surface area contributed by atoms with Crippen molar-refractivity contribution in [3.05, 3.63) is 42.0 Å². The number of nitrogens with zero attached hydrogens (tertiary/aromatic N) is 1. The van der Waals surface area contributed by atoms with Crippen LogP contribution in [0.25, 0.3) is 6.08 Å². The monoisotopic (exact) mass is 419 g/mol. The van der Waals surface area contributed by atoms with E-state index in [0.29, 0.717) is 6.61 Å². The minimum Gasteiger partial charge on any atom is -0.431 e. The lowest BCUT2D eigenvalue weighted by Crippen LogP contribution is -2.58. The molecule has 168 valence electrons. The molecular weight excluding hydrogens is 382 g/mol. The van der Waals surface area contributed by atoms with Gasteiger partial charge in [-0.3, -0.25) is 4.84 Å². The molecule has 1 aliphatic heterocycles. The average Bonchev–Trinajstić information content (AvgIpc) is 2.66. The van der Waals surface area contributed by atoms with E-state index in [1.807, 2.05) is 31.2 Å². The van der Waals surface area contributed by atoms with Gasteiger partial charge in [-0.15, -0.1) is 0 Å². The van der Waals surface area contributed by atoms with Gasteiger partial charge in [-0.1, -0.05) is 36.9 Å². The van der Waals surface area contributed by atoms with E-state index in [1.54, 1.807) is 13.0 Å². The summed E-state index contributed by atoms with van der Waals surface area (Å²) < 4.78 is 15.8. The largest absolute Gasteiger partial charge is 0.510 e. The predicted octanol–water partition coefficient (Wildman–Crippen LogP) is 5.88. The molecule has 0 aliphatic carbocycles. The summed E-state index contributed by atoms with van der Waals surface area (Å²) in [5.41, 5.74) is 1.67. The van der Waals surface area contributed by atoms with E-state index in [9.17, 15) is 4.79 Å². The smallest absolute Gasteiger partial charge is 0.431 e. The fourth-order valence-corrected chi connectivity index (χ4v) is 4.00. The van der Waals surface area contributed by atoms with E-state index in [-0.39, 0.29) is 17.7 Å². The van der Waals surface area contributed by atoms with Crippen molar-refractivity contribution >= 4 is 12.2 Å². The molecule has 0 amide bonds. The van der Waals surface area contributed by atoms with Crippen LogP contribution in [0.15, 0.2) is 30.8 Å². The first-order valence-corrected chi connectivity index (χ1v) is 10.7. The van der Waals surface area contributed by atoms with Crippen LogP contribution in [0.5, 0.6) is 0 Å². The van der Waals surface area contributed by atoms with Gasteiger partial charge in [0.15, 0.2) is 0 Å². The third-order valence-electron chi connectivity index (χ3n) is 5.47. The Morgan fingerprint density at radius 1 is 1.17 bits per heavy atom. The van der Waals surface area contributed by atoms with Gasteiger partial charge in [0.1, 0.15) is 12.7 Å². The highest BCUT2D eigenvalue weighted by molar-refractivity contribution is 5.60. The summed E-state index contributed by atoms with van der Waals surface area (Å²) in [4.78, 5) is 18.6. The zero-order valence-electron chi connectivity index (χ0n) is 19.3. The van der Waals surface area contributed by atoms with E-state index < -0.39 is 18.5 Å². The molecule has 1 fully saturated rings. The number of ether oxygens (including phenoxy) is 3. The second-order valence-electron chi connectivity index (χ2n) is 8.94. The summed E-state index contributed by atoms with van der Waals surface area (Å²) in [6.07, 6.45) is 3.12. The molecule has 0 aromatic heterocycles. The lowest BCUT2D eigenvalue weighted by Gasteiger charge is -2.52. The van der Waals surface area contributed by atoms with Crippen LogP contribution in [0.3, 0.4) is 0 Å². The minimum absolute atomic E-state index is 0.0355. The Morgan fingerprint density at radius 2 is 1.77 bits per heavy atom. The van der Waals surface area contributed by atoms with Gasteiger partial charge in [-0.05, 0) is 71.9 Å². The van der Waals surface area contributed by atoms with Gasteiger partial charge >= 0.3 is 6.16 Å². The molecule has 1 aliphatic rings. The highest BCUT2D eigenvalue weighted by Crippen LogP contribution is 2.40. The molecule has 2 unspecified atom stereocenters. The number of hydrogen-bond donors (Lipinski definition) is 0. The van der Waals surface area contributed by atoms with Gasteiger partial charge < -0.3 is 14.2 Å². The minimum atomic E-state index is -0.774. The first-order valence-electron chi connectivity index (χ1n) is 10.7. The lowest BCUT2D eigenvalue weighted by atomic mass is 9.82. The molecule has 0 N–H and O–H groups in total. The van der Waals surface area contributed by atoms with Crippen molar-refractivity contribution in [2.24, 2.45) is 0 Å². The van der Waals surface area contributed by atoms with Crippen LogP contribution in [0, 0.1) is 0 Å². The zero-order valence-corrected chi connectivity index (χ0v) is 19.3. The molecule has 2 atom stereocenters. The Bertz CT molecular complexity index is 682. The third-order valence-corrected chi connectivity index (χ3v) is 5.47. The summed E-state index contributed by atoms with van der Waals surface area (Å²) in [5.74, 6) is 0. The number of hydrogen-bond acceptors (Lipinski definition) is 6.